The molecule has 2 aromatic rings. The number of nitrogens with two attached hydrogens (primary N) is 1. The van der Waals surface area contributed by atoms with Gasteiger partial charge in [0.15, 0.2) is 18.1 Å². The zero-order valence-electron chi connectivity index (χ0n) is 14.4. The predicted octanol–water partition coefficient (Wildman–Crippen LogP) is 1.84. The molecule has 0 radical (unpaired) electrons. The first-order valence-corrected chi connectivity index (χ1v) is 8.52. The Hall–Kier alpha value is -3.16. The monoisotopic (exact) mass is 355 g/mol. The van der Waals surface area contributed by atoms with Gasteiger partial charge in [-0.15, -0.1) is 0 Å². The van der Waals surface area contributed by atoms with Crippen LogP contribution in [0.15, 0.2) is 36.7 Å². The number of benzene rings is 1. The number of hydrogen-bond acceptors (Lipinski definition) is 7. The second-order valence-electron chi connectivity index (χ2n) is 6.01. The first-order chi connectivity index (χ1) is 12.6. The van der Waals surface area contributed by atoms with Crippen LogP contribution in [0.2, 0.25) is 0 Å². The maximum absolute atomic E-state index is 12.0. The lowest BCUT2D eigenvalue weighted by molar-refractivity contribution is -0.119. The normalized spacial score (nSPS) is 13.9. The molecule has 1 amide bonds. The quantitative estimate of drug-likeness (QED) is 0.787. The molecule has 26 heavy (non-hydrogen) atoms. The molecule has 0 atom stereocenters. The fraction of sp³-hybridized carbons (Fsp3) is 0.333. The van der Waals surface area contributed by atoms with Gasteiger partial charge in [-0.05, 0) is 43.5 Å². The van der Waals surface area contributed by atoms with Crippen LogP contribution >= 0.6 is 0 Å². The van der Waals surface area contributed by atoms with E-state index in [1.165, 1.54) is 31.7 Å². The van der Waals surface area contributed by atoms with Crippen molar-refractivity contribution in [2.24, 2.45) is 0 Å². The molecule has 1 aliphatic heterocycles. The van der Waals surface area contributed by atoms with Gasteiger partial charge in [0.25, 0.3) is 5.91 Å². The Labute approximate surface area is 151 Å². The van der Waals surface area contributed by atoms with Crippen molar-refractivity contribution < 1.29 is 14.3 Å². The average Bonchev–Trinajstić information content (AvgIpc) is 2.68. The highest BCUT2D eigenvalue weighted by molar-refractivity contribution is 5.96. The fourth-order valence-electron chi connectivity index (χ4n) is 2.81. The number of esters is 1. The molecule has 2 heterocycles. The molecular weight excluding hydrogens is 334 g/mol. The van der Waals surface area contributed by atoms with Crippen LogP contribution in [-0.4, -0.2) is 41.5 Å². The minimum absolute atomic E-state index is 0.0359. The number of rotatable bonds is 5. The lowest BCUT2D eigenvalue weighted by atomic mass is 10.1. The van der Waals surface area contributed by atoms with Crippen molar-refractivity contribution >= 4 is 29.1 Å². The zero-order valence-corrected chi connectivity index (χ0v) is 14.4. The number of nitrogens with one attached hydrogen (secondary N) is 1. The summed E-state index contributed by atoms with van der Waals surface area (Å²) < 4.78 is 4.92. The molecule has 0 saturated carbocycles. The summed E-state index contributed by atoms with van der Waals surface area (Å²) in [6.07, 6.45) is 6.40. The molecule has 8 heteroatoms. The predicted molar refractivity (Wildman–Crippen MR) is 97.9 cm³/mol. The second-order valence-corrected chi connectivity index (χ2v) is 6.01. The molecule has 1 aromatic carbocycles. The fourth-order valence-corrected chi connectivity index (χ4v) is 2.81. The van der Waals surface area contributed by atoms with Gasteiger partial charge < -0.3 is 20.7 Å². The highest BCUT2D eigenvalue weighted by atomic mass is 16.5. The van der Waals surface area contributed by atoms with Crippen LogP contribution in [0.4, 0.5) is 17.2 Å². The number of aromatic nitrogens is 2. The van der Waals surface area contributed by atoms with E-state index in [0.717, 1.165) is 18.8 Å². The molecule has 1 fully saturated rings. The molecule has 0 bridgehead atoms. The Kier molecular flexibility index (Phi) is 5.62. The largest absolute Gasteiger partial charge is 0.451 e. The number of ether oxygens (including phenoxy) is 1. The van der Waals surface area contributed by atoms with E-state index in [9.17, 15) is 9.59 Å². The summed E-state index contributed by atoms with van der Waals surface area (Å²) in [4.78, 5) is 33.7. The first-order valence-electron chi connectivity index (χ1n) is 8.52. The number of hydrogen-bond donors (Lipinski definition) is 2. The van der Waals surface area contributed by atoms with E-state index in [0.29, 0.717) is 5.69 Å². The van der Waals surface area contributed by atoms with E-state index in [1.54, 1.807) is 0 Å². The molecule has 136 valence electrons. The number of nitrogen functional groups attached to an aromatic ring is 1. The van der Waals surface area contributed by atoms with Gasteiger partial charge in [-0.1, -0.05) is 0 Å². The maximum atomic E-state index is 12.0. The van der Waals surface area contributed by atoms with Crippen molar-refractivity contribution in [3.8, 4) is 0 Å². The van der Waals surface area contributed by atoms with E-state index < -0.39 is 18.5 Å². The van der Waals surface area contributed by atoms with Crippen molar-refractivity contribution in [1.82, 2.24) is 9.97 Å². The van der Waals surface area contributed by atoms with Crippen LogP contribution in [0.1, 0.15) is 29.8 Å². The third kappa shape index (κ3) is 4.47. The van der Waals surface area contributed by atoms with Crippen molar-refractivity contribution in [2.75, 3.05) is 35.6 Å². The number of piperidine rings is 1. The molecule has 1 aromatic heterocycles. The van der Waals surface area contributed by atoms with Crippen molar-refractivity contribution in [3.05, 3.63) is 42.4 Å². The average molecular weight is 355 g/mol. The SMILES string of the molecule is Nc1nccnc1C(=O)OCC(=O)Nc1ccc(N2CCCCC2)cc1. The van der Waals surface area contributed by atoms with E-state index in [2.05, 4.69) is 20.2 Å². The summed E-state index contributed by atoms with van der Waals surface area (Å²) in [5, 5.41) is 2.69. The van der Waals surface area contributed by atoms with Gasteiger partial charge in [0, 0.05) is 36.9 Å². The standard InChI is InChI=1S/C18H21N5O3/c19-17-16(20-8-9-21-17)18(25)26-12-15(24)22-13-4-6-14(7-5-13)23-10-2-1-3-11-23/h4-9H,1-3,10-12H2,(H2,19,21)(H,22,24). The lowest BCUT2D eigenvalue weighted by Crippen LogP contribution is -2.29. The Morgan fingerprint density at radius 3 is 2.46 bits per heavy atom. The van der Waals surface area contributed by atoms with Crippen molar-refractivity contribution in [2.45, 2.75) is 19.3 Å². The van der Waals surface area contributed by atoms with Gasteiger partial charge in [0.05, 0.1) is 0 Å². The summed E-state index contributed by atoms with van der Waals surface area (Å²) in [5.41, 5.74) is 7.23. The van der Waals surface area contributed by atoms with Gasteiger partial charge in [-0.2, -0.15) is 0 Å². The highest BCUT2D eigenvalue weighted by Crippen LogP contribution is 2.21. The third-order valence-corrected chi connectivity index (χ3v) is 4.13. The van der Waals surface area contributed by atoms with E-state index in [-0.39, 0.29) is 11.5 Å². The molecule has 8 nitrogen and oxygen atoms in total. The van der Waals surface area contributed by atoms with Gasteiger partial charge in [0.2, 0.25) is 0 Å². The molecule has 0 aliphatic carbocycles. The lowest BCUT2D eigenvalue weighted by Gasteiger charge is -2.28. The van der Waals surface area contributed by atoms with Gasteiger partial charge in [-0.25, -0.2) is 14.8 Å². The minimum atomic E-state index is -0.786. The van der Waals surface area contributed by atoms with Crippen molar-refractivity contribution in [1.29, 1.82) is 0 Å². The van der Waals surface area contributed by atoms with Crippen LogP contribution in [0.3, 0.4) is 0 Å². The molecule has 1 saturated heterocycles. The van der Waals surface area contributed by atoms with Gasteiger partial charge >= 0.3 is 5.97 Å². The van der Waals surface area contributed by atoms with E-state index >= 15 is 0 Å². The highest BCUT2D eigenvalue weighted by Gasteiger charge is 2.15. The topological polar surface area (TPSA) is 110 Å². The summed E-state index contributed by atoms with van der Waals surface area (Å²) in [6, 6.07) is 7.63. The number of anilines is 3. The number of amides is 1. The van der Waals surface area contributed by atoms with Crippen LogP contribution in [0, 0.1) is 0 Å². The van der Waals surface area contributed by atoms with Crippen molar-refractivity contribution in [3.63, 3.8) is 0 Å². The Morgan fingerprint density at radius 2 is 1.77 bits per heavy atom. The number of carbonyl (C=O) groups is 2. The summed E-state index contributed by atoms with van der Waals surface area (Å²) >= 11 is 0. The van der Waals surface area contributed by atoms with Crippen LogP contribution < -0.4 is 16.0 Å². The third-order valence-electron chi connectivity index (χ3n) is 4.13. The molecular formula is C18H21N5O3. The molecule has 0 spiro atoms. The maximum Gasteiger partial charge on any atom is 0.361 e. The zero-order chi connectivity index (χ0) is 18.4. The summed E-state index contributed by atoms with van der Waals surface area (Å²) in [6.45, 7) is 1.70. The van der Waals surface area contributed by atoms with Gasteiger partial charge in [-0.3, -0.25) is 4.79 Å². The number of nitrogens with zero attached hydrogens (tertiary/aromatic N) is 3. The molecule has 3 rings (SSSR count). The summed E-state index contributed by atoms with van der Waals surface area (Å²) in [7, 11) is 0. The minimum Gasteiger partial charge on any atom is -0.451 e. The first kappa shape index (κ1) is 17.7. The van der Waals surface area contributed by atoms with E-state index in [1.807, 2.05) is 24.3 Å². The molecule has 1 aliphatic rings. The second kappa shape index (κ2) is 8.28. The number of carbonyl (C=O) groups excluding carboxylic acids is 2. The van der Waals surface area contributed by atoms with Gasteiger partial charge in [0.1, 0.15) is 0 Å². The Bertz CT molecular complexity index is 773. The Balaban J connectivity index is 1.50. The Morgan fingerprint density at radius 1 is 1.08 bits per heavy atom. The van der Waals surface area contributed by atoms with Crippen LogP contribution in [0.5, 0.6) is 0 Å². The summed E-state index contributed by atoms with van der Waals surface area (Å²) in [5.74, 6) is -1.26. The molecule has 0 unspecified atom stereocenters. The van der Waals surface area contributed by atoms with Crippen LogP contribution in [-0.2, 0) is 9.53 Å². The van der Waals surface area contributed by atoms with E-state index in [4.69, 9.17) is 10.5 Å². The van der Waals surface area contributed by atoms with Crippen LogP contribution in [0.25, 0.3) is 0 Å². The smallest absolute Gasteiger partial charge is 0.361 e. The molecule has 3 N–H and O–H groups in total.